The molecule has 2 aromatic heterocycles. The number of aromatic nitrogens is 3. The number of likely N-dealkylation sites (tertiary alicyclic amines) is 1. The molecule has 0 aliphatic carbocycles. The van der Waals surface area contributed by atoms with Crippen LogP contribution in [-0.4, -0.2) is 51.5 Å². The van der Waals surface area contributed by atoms with Gasteiger partial charge in [-0.25, -0.2) is 9.78 Å². The van der Waals surface area contributed by atoms with Crippen LogP contribution in [0.1, 0.15) is 42.1 Å². The smallest absolute Gasteiger partial charge is 0.326 e. The summed E-state index contributed by atoms with van der Waals surface area (Å²) < 4.78 is 1.90. The Balaban J connectivity index is 1.27. The van der Waals surface area contributed by atoms with Crippen molar-refractivity contribution in [3.05, 3.63) is 58.6 Å². The Hall–Kier alpha value is -3.09. The number of carbonyl (C=O) groups is 1. The number of aromatic amines is 1. The van der Waals surface area contributed by atoms with Gasteiger partial charge in [-0.3, -0.25) is 9.36 Å². The summed E-state index contributed by atoms with van der Waals surface area (Å²) in [5.74, 6) is 0.978. The fraction of sp³-hybridized carbons (Fsp3) is 0.409. The predicted octanol–water partition coefficient (Wildman–Crippen LogP) is 2.80. The number of H-pyrrole nitrogens is 1. The van der Waals surface area contributed by atoms with Crippen molar-refractivity contribution < 1.29 is 4.79 Å². The van der Waals surface area contributed by atoms with Crippen molar-refractivity contribution in [2.45, 2.75) is 31.7 Å². The first-order chi connectivity index (χ1) is 14.2. The van der Waals surface area contributed by atoms with Crippen molar-refractivity contribution in [2.75, 3.05) is 31.1 Å². The molecule has 2 aliphatic heterocycles. The Kier molecular flexibility index (Phi) is 4.58. The fourth-order valence-electron chi connectivity index (χ4n) is 4.59. The zero-order valence-corrected chi connectivity index (χ0v) is 16.4. The molecule has 5 rings (SSSR count). The number of anilines is 1. The van der Waals surface area contributed by atoms with Crippen LogP contribution >= 0.6 is 0 Å². The fourth-order valence-corrected chi connectivity index (χ4v) is 4.59. The summed E-state index contributed by atoms with van der Waals surface area (Å²) in [6, 6.07) is 11.9. The van der Waals surface area contributed by atoms with Crippen LogP contribution in [0.2, 0.25) is 0 Å². The second-order valence-electron chi connectivity index (χ2n) is 7.94. The molecule has 2 fully saturated rings. The molecule has 150 valence electrons. The number of nitrogens with one attached hydrogen (secondary N) is 1. The minimum atomic E-state index is -0.0347. The standard InChI is InChI=1S/C22H25N5O2/c28-21(26-11-3-4-12-26)16-7-8-20(23-15-16)25-13-9-17(10-14-25)27-19-6-2-1-5-18(19)24-22(27)29/h1-2,5-8,15,17H,3-4,9-14H2,(H,24,29). The van der Waals surface area contributed by atoms with Gasteiger partial charge in [0.1, 0.15) is 5.82 Å². The molecule has 7 nitrogen and oxygen atoms in total. The molecule has 2 saturated heterocycles. The molecule has 0 spiro atoms. The van der Waals surface area contributed by atoms with Gasteiger partial charge in [0, 0.05) is 38.4 Å². The number of amides is 1. The second-order valence-corrected chi connectivity index (χ2v) is 7.94. The Morgan fingerprint density at radius 2 is 1.76 bits per heavy atom. The number of benzene rings is 1. The van der Waals surface area contributed by atoms with E-state index in [1.807, 2.05) is 45.9 Å². The van der Waals surface area contributed by atoms with Gasteiger partial charge >= 0.3 is 5.69 Å². The van der Waals surface area contributed by atoms with Gasteiger partial charge in [0.25, 0.3) is 5.91 Å². The third-order valence-corrected chi connectivity index (χ3v) is 6.17. The Labute approximate surface area is 169 Å². The highest BCUT2D eigenvalue weighted by Gasteiger charge is 2.25. The zero-order valence-electron chi connectivity index (χ0n) is 16.4. The molecule has 7 heteroatoms. The summed E-state index contributed by atoms with van der Waals surface area (Å²) in [7, 11) is 0. The minimum Gasteiger partial charge on any atom is -0.356 e. The Bertz CT molecular complexity index is 1070. The molecule has 29 heavy (non-hydrogen) atoms. The Morgan fingerprint density at radius 3 is 2.48 bits per heavy atom. The number of carbonyl (C=O) groups excluding carboxylic acids is 1. The molecule has 0 unspecified atom stereocenters. The maximum absolute atomic E-state index is 12.5. The van der Waals surface area contributed by atoms with Crippen LogP contribution in [0.4, 0.5) is 5.82 Å². The maximum atomic E-state index is 12.5. The maximum Gasteiger partial charge on any atom is 0.326 e. The SMILES string of the molecule is O=C(c1ccc(N2CCC(n3c(=O)[nH]c4ccccc43)CC2)nc1)N1CCCC1. The van der Waals surface area contributed by atoms with Crippen LogP contribution in [0.5, 0.6) is 0 Å². The zero-order chi connectivity index (χ0) is 19.8. The van der Waals surface area contributed by atoms with Crippen molar-refractivity contribution in [3.63, 3.8) is 0 Å². The summed E-state index contributed by atoms with van der Waals surface area (Å²) in [6.45, 7) is 3.37. The van der Waals surface area contributed by atoms with Crippen LogP contribution in [-0.2, 0) is 0 Å². The van der Waals surface area contributed by atoms with E-state index in [9.17, 15) is 9.59 Å². The largest absolute Gasteiger partial charge is 0.356 e. The first-order valence-corrected chi connectivity index (χ1v) is 10.4. The number of imidazole rings is 1. The molecule has 1 N–H and O–H groups in total. The quantitative estimate of drug-likeness (QED) is 0.745. The van der Waals surface area contributed by atoms with Crippen molar-refractivity contribution in [3.8, 4) is 0 Å². The molecule has 3 aromatic rings. The predicted molar refractivity (Wildman–Crippen MR) is 112 cm³/mol. The van der Waals surface area contributed by atoms with E-state index in [1.54, 1.807) is 6.20 Å². The van der Waals surface area contributed by atoms with Gasteiger partial charge in [-0.05, 0) is 49.9 Å². The van der Waals surface area contributed by atoms with E-state index in [2.05, 4.69) is 14.9 Å². The number of hydrogen-bond acceptors (Lipinski definition) is 4. The first kappa shape index (κ1) is 18.0. The van der Waals surface area contributed by atoms with Crippen molar-refractivity contribution >= 4 is 22.8 Å². The van der Waals surface area contributed by atoms with Crippen LogP contribution in [0, 0.1) is 0 Å². The lowest BCUT2D eigenvalue weighted by Gasteiger charge is -2.33. The minimum absolute atomic E-state index is 0.0347. The molecule has 2 aliphatic rings. The second kappa shape index (κ2) is 7.39. The van der Waals surface area contributed by atoms with E-state index >= 15 is 0 Å². The molecule has 0 atom stereocenters. The van der Waals surface area contributed by atoms with Crippen LogP contribution < -0.4 is 10.6 Å². The number of para-hydroxylation sites is 2. The lowest BCUT2D eigenvalue weighted by Crippen LogP contribution is -2.37. The number of hydrogen-bond donors (Lipinski definition) is 1. The van der Waals surface area contributed by atoms with Crippen molar-refractivity contribution in [1.29, 1.82) is 0 Å². The van der Waals surface area contributed by atoms with Gasteiger partial charge < -0.3 is 14.8 Å². The van der Waals surface area contributed by atoms with Gasteiger partial charge in [0.05, 0.1) is 16.6 Å². The normalized spacial score (nSPS) is 17.9. The molecule has 4 heterocycles. The van der Waals surface area contributed by atoms with E-state index in [0.29, 0.717) is 5.56 Å². The highest BCUT2D eigenvalue weighted by Crippen LogP contribution is 2.27. The van der Waals surface area contributed by atoms with Crippen molar-refractivity contribution in [2.24, 2.45) is 0 Å². The van der Waals surface area contributed by atoms with Crippen LogP contribution in [0.3, 0.4) is 0 Å². The van der Waals surface area contributed by atoms with E-state index in [4.69, 9.17) is 0 Å². The number of nitrogens with zero attached hydrogens (tertiary/aromatic N) is 4. The summed E-state index contributed by atoms with van der Waals surface area (Å²) in [6.07, 6.45) is 5.65. The Morgan fingerprint density at radius 1 is 1.00 bits per heavy atom. The third kappa shape index (κ3) is 3.30. The molecular weight excluding hydrogens is 366 g/mol. The van der Waals surface area contributed by atoms with Gasteiger partial charge in [0.15, 0.2) is 0 Å². The van der Waals surface area contributed by atoms with Crippen LogP contribution in [0.25, 0.3) is 11.0 Å². The van der Waals surface area contributed by atoms with Crippen molar-refractivity contribution in [1.82, 2.24) is 19.4 Å². The lowest BCUT2D eigenvalue weighted by molar-refractivity contribution is 0.0792. The lowest BCUT2D eigenvalue weighted by atomic mass is 10.0. The molecule has 1 amide bonds. The average molecular weight is 391 g/mol. The highest BCUT2D eigenvalue weighted by molar-refractivity contribution is 5.94. The van der Waals surface area contributed by atoms with E-state index in [1.165, 1.54) is 0 Å². The molecule has 0 bridgehead atoms. The number of fused-ring (bicyclic) bond motifs is 1. The van der Waals surface area contributed by atoms with Gasteiger partial charge in [-0.2, -0.15) is 0 Å². The van der Waals surface area contributed by atoms with Gasteiger partial charge in [-0.1, -0.05) is 12.1 Å². The van der Waals surface area contributed by atoms with E-state index in [-0.39, 0.29) is 17.6 Å². The third-order valence-electron chi connectivity index (χ3n) is 6.17. The number of pyridine rings is 1. The molecule has 1 aromatic carbocycles. The number of piperidine rings is 1. The van der Waals surface area contributed by atoms with Gasteiger partial charge in [0.2, 0.25) is 0 Å². The van der Waals surface area contributed by atoms with Crippen LogP contribution in [0.15, 0.2) is 47.4 Å². The summed E-state index contributed by atoms with van der Waals surface area (Å²) in [5, 5.41) is 0. The summed E-state index contributed by atoms with van der Waals surface area (Å²) in [4.78, 5) is 36.6. The number of rotatable bonds is 3. The average Bonchev–Trinajstić information content (AvgIpc) is 3.41. The van der Waals surface area contributed by atoms with E-state index in [0.717, 1.165) is 68.7 Å². The topological polar surface area (TPSA) is 74.2 Å². The summed E-state index contributed by atoms with van der Waals surface area (Å²) in [5.41, 5.74) is 2.49. The first-order valence-electron chi connectivity index (χ1n) is 10.4. The summed E-state index contributed by atoms with van der Waals surface area (Å²) >= 11 is 0. The van der Waals surface area contributed by atoms with Gasteiger partial charge in [-0.15, -0.1) is 0 Å². The van der Waals surface area contributed by atoms with E-state index < -0.39 is 0 Å². The monoisotopic (exact) mass is 391 g/mol. The highest BCUT2D eigenvalue weighted by atomic mass is 16.2. The molecule has 0 saturated carbocycles. The molecular formula is C22H25N5O2. The molecule has 0 radical (unpaired) electrons.